The SMILES string of the molecule is Cc1ccc(-c2ccc(-n3ccc4c(-c5ccccc5C)c(C)ccc43)cc2)cc1. The van der Waals surface area contributed by atoms with Gasteiger partial charge >= 0.3 is 0 Å². The second kappa shape index (κ2) is 7.35. The quantitative estimate of drug-likeness (QED) is 0.296. The molecule has 0 amide bonds. The standard InChI is InChI=1S/C29H25N/c1-20-8-11-23(12-9-20)24-13-15-25(16-14-24)30-19-18-27-28(30)17-10-22(3)29(27)26-7-5-4-6-21(26)2/h4-19H,1-3H3. The fourth-order valence-electron chi connectivity index (χ4n) is 4.32. The third-order valence-corrected chi connectivity index (χ3v) is 6.03. The highest BCUT2D eigenvalue weighted by atomic mass is 15.0. The molecule has 0 bridgehead atoms. The van der Waals surface area contributed by atoms with Gasteiger partial charge in [-0.2, -0.15) is 0 Å². The van der Waals surface area contributed by atoms with Crippen LogP contribution >= 0.6 is 0 Å². The highest BCUT2D eigenvalue weighted by Crippen LogP contribution is 2.35. The summed E-state index contributed by atoms with van der Waals surface area (Å²) in [7, 11) is 0. The van der Waals surface area contributed by atoms with Gasteiger partial charge in [0.15, 0.2) is 0 Å². The predicted molar refractivity (Wildman–Crippen MR) is 128 cm³/mol. The first-order valence-corrected chi connectivity index (χ1v) is 10.5. The minimum Gasteiger partial charge on any atom is -0.317 e. The van der Waals surface area contributed by atoms with E-state index in [2.05, 4.69) is 123 Å². The monoisotopic (exact) mass is 387 g/mol. The molecule has 0 aliphatic carbocycles. The zero-order valence-electron chi connectivity index (χ0n) is 17.7. The van der Waals surface area contributed by atoms with E-state index in [-0.39, 0.29) is 0 Å². The van der Waals surface area contributed by atoms with Crippen LogP contribution < -0.4 is 0 Å². The lowest BCUT2D eigenvalue weighted by molar-refractivity contribution is 1.13. The zero-order chi connectivity index (χ0) is 20.7. The average molecular weight is 388 g/mol. The van der Waals surface area contributed by atoms with Crippen LogP contribution in [0.3, 0.4) is 0 Å². The number of hydrogen-bond donors (Lipinski definition) is 0. The van der Waals surface area contributed by atoms with Gasteiger partial charge in [-0.05, 0) is 78.4 Å². The van der Waals surface area contributed by atoms with Crippen molar-refractivity contribution in [2.45, 2.75) is 20.8 Å². The summed E-state index contributed by atoms with van der Waals surface area (Å²) in [5.74, 6) is 0. The van der Waals surface area contributed by atoms with Gasteiger partial charge in [0.2, 0.25) is 0 Å². The van der Waals surface area contributed by atoms with Crippen LogP contribution in [0, 0.1) is 20.8 Å². The Bertz CT molecular complexity index is 1340. The Morgan fingerprint density at radius 1 is 0.567 bits per heavy atom. The van der Waals surface area contributed by atoms with Crippen LogP contribution in [0.1, 0.15) is 16.7 Å². The van der Waals surface area contributed by atoms with E-state index in [1.807, 2.05) is 0 Å². The lowest BCUT2D eigenvalue weighted by atomic mass is 9.94. The summed E-state index contributed by atoms with van der Waals surface area (Å²) >= 11 is 0. The summed E-state index contributed by atoms with van der Waals surface area (Å²) in [6, 6.07) is 32.9. The molecule has 0 N–H and O–H groups in total. The Labute approximate surface area is 178 Å². The molecule has 1 heterocycles. The summed E-state index contributed by atoms with van der Waals surface area (Å²) in [5, 5.41) is 1.30. The second-order valence-corrected chi connectivity index (χ2v) is 8.10. The van der Waals surface area contributed by atoms with Gasteiger partial charge in [-0.3, -0.25) is 0 Å². The predicted octanol–water partition coefficient (Wildman–Crippen LogP) is 7.89. The first-order valence-electron chi connectivity index (χ1n) is 10.5. The molecule has 4 aromatic carbocycles. The smallest absolute Gasteiger partial charge is 0.0534 e. The first-order chi connectivity index (χ1) is 14.6. The van der Waals surface area contributed by atoms with Gasteiger partial charge in [0.05, 0.1) is 5.52 Å². The van der Waals surface area contributed by atoms with E-state index in [1.54, 1.807) is 0 Å². The van der Waals surface area contributed by atoms with Gasteiger partial charge in [-0.15, -0.1) is 0 Å². The van der Waals surface area contributed by atoms with Gasteiger partial charge in [0, 0.05) is 17.3 Å². The minimum atomic E-state index is 1.18. The number of nitrogens with zero attached hydrogens (tertiary/aromatic N) is 1. The normalized spacial score (nSPS) is 11.2. The van der Waals surface area contributed by atoms with Gasteiger partial charge < -0.3 is 4.57 Å². The number of fused-ring (bicyclic) bond motifs is 1. The molecule has 0 radical (unpaired) electrons. The van der Waals surface area contributed by atoms with E-state index in [0.717, 1.165) is 0 Å². The highest BCUT2D eigenvalue weighted by molar-refractivity contribution is 5.98. The van der Waals surface area contributed by atoms with E-state index >= 15 is 0 Å². The number of aryl methyl sites for hydroxylation is 3. The number of hydrogen-bond acceptors (Lipinski definition) is 0. The maximum atomic E-state index is 2.29. The van der Waals surface area contributed by atoms with Gasteiger partial charge in [0.25, 0.3) is 0 Å². The van der Waals surface area contributed by atoms with Gasteiger partial charge in [-0.1, -0.05) is 72.3 Å². The molecular weight excluding hydrogens is 362 g/mol. The van der Waals surface area contributed by atoms with E-state index in [4.69, 9.17) is 0 Å². The molecule has 1 heteroatoms. The second-order valence-electron chi connectivity index (χ2n) is 8.10. The molecule has 0 saturated carbocycles. The van der Waals surface area contributed by atoms with Crippen LogP contribution in [-0.4, -0.2) is 4.57 Å². The lowest BCUT2D eigenvalue weighted by Crippen LogP contribution is -1.93. The van der Waals surface area contributed by atoms with E-state index < -0.39 is 0 Å². The van der Waals surface area contributed by atoms with Crippen LogP contribution in [-0.2, 0) is 0 Å². The fraction of sp³-hybridized carbons (Fsp3) is 0.103. The molecule has 0 spiro atoms. The average Bonchev–Trinajstić information content (AvgIpc) is 3.19. The van der Waals surface area contributed by atoms with Crippen LogP contribution in [0.15, 0.2) is 97.2 Å². The van der Waals surface area contributed by atoms with Crippen LogP contribution in [0.5, 0.6) is 0 Å². The lowest BCUT2D eigenvalue weighted by Gasteiger charge is -2.13. The summed E-state index contributed by atoms with van der Waals surface area (Å²) in [6.07, 6.45) is 2.19. The van der Waals surface area contributed by atoms with Crippen LogP contribution in [0.4, 0.5) is 0 Å². The van der Waals surface area contributed by atoms with Crippen molar-refractivity contribution < 1.29 is 0 Å². The molecule has 1 aromatic heterocycles. The Balaban J connectivity index is 1.60. The first kappa shape index (κ1) is 18.4. The van der Waals surface area contributed by atoms with Crippen molar-refractivity contribution in [2.24, 2.45) is 0 Å². The van der Waals surface area contributed by atoms with E-state index in [1.165, 1.54) is 55.5 Å². The highest BCUT2D eigenvalue weighted by Gasteiger charge is 2.13. The molecule has 0 unspecified atom stereocenters. The third kappa shape index (κ3) is 3.13. The van der Waals surface area contributed by atoms with Crippen molar-refractivity contribution in [1.82, 2.24) is 4.57 Å². The van der Waals surface area contributed by atoms with Crippen molar-refractivity contribution in [2.75, 3.05) is 0 Å². The van der Waals surface area contributed by atoms with Crippen LogP contribution in [0.2, 0.25) is 0 Å². The van der Waals surface area contributed by atoms with Crippen molar-refractivity contribution in [1.29, 1.82) is 0 Å². The summed E-state index contributed by atoms with van der Waals surface area (Å²) in [4.78, 5) is 0. The third-order valence-electron chi connectivity index (χ3n) is 6.03. The number of aromatic nitrogens is 1. The number of benzene rings is 4. The minimum absolute atomic E-state index is 1.18. The molecular formula is C29H25N. The van der Waals surface area contributed by atoms with E-state index in [0.29, 0.717) is 0 Å². The van der Waals surface area contributed by atoms with Crippen molar-refractivity contribution >= 4 is 10.9 Å². The van der Waals surface area contributed by atoms with Gasteiger partial charge in [-0.25, -0.2) is 0 Å². The molecule has 0 saturated heterocycles. The van der Waals surface area contributed by atoms with E-state index in [9.17, 15) is 0 Å². The molecule has 5 rings (SSSR count). The molecule has 0 aliphatic heterocycles. The topological polar surface area (TPSA) is 4.93 Å². The number of rotatable bonds is 3. The maximum absolute atomic E-state index is 2.29. The molecule has 5 aromatic rings. The largest absolute Gasteiger partial charge is 0.317 e. The summed E-state index contributed by atoms with van der Waals surface area (Å²) < 4.78 is 2.29. The Hall–Kier alpha value is -3.58. The maximum Gasteiger partial charge on any atom is 0.0534 e. The Kier molecular flexibility index (Phi) is 4.52. The molecule has 0 atom stereocenters. The molecule has 0 fully saturated rings. The van der Waals surface area contributed by atoms with Gasteiger partial charge in [0.1, 0.15) is 0 Å². The molecule has 30 heavy (non-hydrogen) atoms. The fourth-order valence-corrected chi connectivity index (χ4v) is 4.32. The van der Waals surface area contributed by atoms with Crippen molar-refractivity contribution in [3.8, 4) is 27.9 Å². The summed E-state index contributed by atoms with van der Waals surface area (Å²) in [6.45, 7) is 6.51. The molecule has 1 nitrogen and oxygen atoms in total. The summed E-state index contributed by atoms with van der Waals surface area (Å²) in [5.41, 5.74) is 11.5. The molecule has 146 valence electrons. The van der Waals surface area contributed by atoms with Crippen molar-refractivity contribution in [3.63, 3.8) is 0 Å². The van der Waals surface area contributed by atoms with Crippen LogP contribution in [0.25, 0.3) is 38.8 Å². The Morgan fingerprint density at radius 2 is 1.23 bits per heavy atom. The molecule has 0 aliphatic rings. The van der Waals surface area contributed by atoms with Crippen molar-refractivity contribution in [3.05, 3.63) is 114 Å². The Morgan fingerprint density at radius 3 is 1.93 bits per heavy atom. The zero-order valence-corrected chi connectivity index (χ0v) is 17.7.